The number of non-ortho nitro benzene ring substituents is 1. The van der Waals surface area contributed by atoms with E-state index < -0.39 is 10.8 Å². The van der Waals surface area contributed by atoms with Crippen molar-refractivity contribution in [2.24, 2.45) is 5.73 Å². The van der Waals surface area contributed by atoms with Crippen LogP contribution in [-0.2, 0) is 6.54 Å². The zero-order valence-electron chi connectivity index (χ0n) is 12.4. The molecule has 7 heteroatoms. The number of hydrogen-bond acceptors (Lipinski definition) is 4. The van der Waals surface area contributed by atoms with E-state index in [0.717, 1.165) is 5.56 Å². The number of carbonyl (C=O) groups is 2. The van der Waals surface area contributed by atoms with E-state index in [1.807, 2.05) is 0 Å². The maximum absolute atomic E-state index is 12.3. The number of nitrogens with two attached hydrogens (primary N) is 1. The van der Waals surface area contributed by atoms with E-state index in [2.05, 4.69) is 0 Å². The summed E-state index contributed by atoms with van der Waals surface area (Å²) in [6.07, 6.45) is 0. The minimum Gasteiger partial charge on any atom is -0.366 e. The number of nitro groups is 1. The number of amides is 2. The molecule has 7 nitrogen and oxygen atoms in total. The Morgan fingerprint density at radius 2 is 1.78 bits per heavy atom. The minimum absolute atomic E-state index is 0.130. The van der Waals surface area contributed by atoms with E-state index in [-0.39, 0.29) is 17.2 Å². The van der Waals surface area contributed by atoms with Crippen molar-refractivity contribution in [3.05, 3.63) is 75.3 Å². The number of hydrogen-bond donors (Lipinski definition) is 1. The Hall–Kier alpha value is -3.22. The molecule has 2 N–H and O–H groups in total. The zero-order chi connectivity index (χ0) is 17.0. The van der Waals surface area contributed by atoms with E-state index in [9.17, 15) is 19.7 Å². The lowest BCUT2D eigenvalue weighted by Gasteiger charge is -2.17. The van der Waals surface area contributed by atoms with Crippen LogP contribution in [0.2, 0.25) is 0 Å². The quantitative estimate of drug-likeness (QED) is 0.672. The molecule has 2 aromatic rings. The van der Waals surface area contributed by atoms with E-state index in [1.165, 1.54) is 29.2 Å². The summed E-state index contributed by atoms with van der Waals surface area (Å²) < 4.78 is 0. The molecule has 0 atom stereocenters. The van der Waals surface area contributed by atoms with Crippen LogP contribution in [0.25, 0.3) is 0 Å². The van der Waals surface area contributed by atoms with Crippen molar-refractivity contribution >= 4 is 17.5 Å². The van der Waals surface area contributed by atoms with Gasteiger partial charge in [-0.3, -0.25) is 19.7 Å². The molecule has 0 aliphatic rings. The molecule has 2 aromatic carbocycles. The van der Waals surface area contributed by atoms with Gasteiger partial charge in [0.2, 0.25) is 5.91 Å². The van der Waals surface area contributed by atoms with Gasteiger partial charge in [0.25, 0.3) is 11.6 Å². The van der Waals surface area contributed by atoms with Crippen LogP contribution in [0.4, 0.5) is 5.69 Å². The van der Waals surface area contributed by atoms with Gasteiger partial charge in [0.15, 0.2) is 0 Å². The second kappa shape index (κ2) is 6.69. The maximum atomic E-state index is 12.3. The normalized spacial score (nSPS) is 10.1. The predicted octanol–water partition coefficient (Wildman–Crippen LogP) is 1.97. The molecule has 0 saturated heterocycles. The van der Waals surface area contributed by atoms with Crippen molar-refractivity contribution < 1.29 is 14.5 Å². The lowest BCUT2D eigenvalue weighted by Crippen LogP contribution is -2.26. The Bertz CT molecular complexity index is 756. The average Bonchev–Trinajstić information content (AvgIpc) is 2.54. The fourth-order valence-corrected chi connectivity index (χ4v) is 2.09. The van der Waals surface area contributed by atoms with Gasteiger partial charge in [0.1, 0.15) is 0 Å². The van der Waals surface area contributed by atoms with E-state index >= 15 is 0 Å². The maximum Gasteiger partial charge on any atom is 0.270 e. The molecule has 118 valence electrons. The Balaban J connectivity index is 2.12. The minimum atomic E-state index is -0.542. The highest BCUT2D eigenvalue weighted by atomic mass is 16.6. The Morgan fingerprint density at radius 1 is 1.13 bits per heavy atom. The van der Waals surface area contributed by atoms with Crippen LogP contribution in [0.1, 0.15) is 26.3 Å². The smallest absolute Gasteiger partial charge is 0.270 e. The molecule has 0 heterocycles. The topological polar surface area (TPSA) is 107 Å². The molecule has 23 heavy (non-hydrogen) atoms. The monoisotopic (exact) mass is 313 g/mol. The molecule has 0 aliphatic heterocycles. The van der Waals surface area contributed by atoms with Crippen molar-refractivity contribution in [1.29, 1.82) is 0 Å². The summed E-state index contributed by atoms with van der Waals surface area (Å²) in [4.78, 5) is 35.0. The highest BCUT2D eigenvalue weighted by Gasteiger charge is 2.15. The van der Waals surface area contributed by atoms with Gasteiger partial charge in [0, 0.05) is 36.9 Å². The number of nitro benzene ring substituents is 1. The first kappa shape index (κ1) is 16.2. The van der Waals surface area contributed by atoms with Gasteiger partial charge in [-0.25, -0.2) is 0 Å². The highest BCUT2D eigenvalue weighted by molar-refractivity contribution is 5.94. The van der Waals surface area contributed by atoms with E-state index in [4.69, 9.17) is 5.73 Å². The van der Waals surface area contributed by atoms with Gasteiger partial charge < -0.3 is 10.6 Å². The van der Waals surface area contributed by atoms with Gasteiger partial charge in [0.05, 0.1) is 4.92 Å². The number of benzene rings is 2. The molecule has 0 bridgehead atoms. The van der Waals surface area contributed by atoms with Crippen LogP contribution in [0, 0.1) is 10.1 Å². The number of carbonyl (C=O) groups excluding carboxylic acids is 2. The number of rotatable bonds is 5. The SMILES string of the molecule is CN(Cc1ccc(C(N)=O)cc1)C(=O)c1cccc([N+](=O)[O-])c1. The van der Waals surface area contributed by atoms with Crippen LogP contribution in [0.3, 0.4) is 0 Å². The molecular formula is C16H15N3O4. The van der Waals surface area contributed by atoms with Crippen LogP contribution in [0.5, 0.6) is 0 Å². The zero-order valence-corrected chi connectivity index (χ0v) is 12.4. The molecule has 0 unspecified atom stereocenters. The van der Waals surface area contributed by atoms with Crippen LogP contribution in [0.15, 0.2) is 48.5 Å². The van der Waals surface area contributed by atoms with E-state index in [0.29, 0.717) is 12.1 Å². The largest absolute Gasteiger partial charge is 0.366 e. The first-order valence-corrected chi connectivity index (χ1v) is 6.77. The van der Waals surface area contributed by atoms with Gasteiger partial charge in [-0.1, -0.05) is 18.2 Å². The third kappa shape index (κ3) is 3.91. The van der Waals surface area contributed by atoms with Gasteiger partial charge >= 0.3 is 0 Å². The fourth-order valence-electron chi connectivity index (χ4n) is 2.09. The fraction of sp³-hybridized carbons (Fsp3) is 0.125. The van der Waals surface area contributed by atoms with Crippen LogP contribution < -0.4 is 5.73 Å². The van der Waals surface area contributed by atoms with Crippen molar-refractivity contribution in [3.8, 4) is 0 Å². The summed E-state index contributed by atoms with van der Waals surface area (Å²) >= 11 is 0. The summed E-state index contributed by atoms with van der Waals surface area (Å²) in [6, 6.07) is 12.2. The third-order valence-corrected chi connectivity index (χ3v) is 3.31. The second-order valence-corrected chi connectivity index (χ2v) is 5.03. The highest BCUT2D eigenvalue weighted by Crippen LogP contribution is 2.15. The molecule has 0 aliphatic carbocycles. The third-order valence-electron chi connectivity index (χ3n) is 3.31. The number of primary amides is 1. The van der Waals surface area contributed by atoms with Gasteiger partial charge in [-0.2, -0.15) is 0 Å². The molecule has 0 saturated carbocycles. The number of nitrogens with zero attached hydrogens (tertiary/aromatic N) is 2. The van der Waals surface area contributed by atoms with Crippen molar-refractivity contribution in [3.63, 3.8) is 0 Å². The summed E-state index contributed by atoms with van der Waals surface area (Å²) in [5.74, 6) is -0.842. The standard InChI is InChI=1S/C16H15N3O4/c1-18(10-11-5-7-12(8-6-11)15(17)20)16(21)13-3-2-4-14(9-13)19(22)23/h2-9H,10H2,1H3,(H2,17,20). The molecule has 2 amide bonds. The summed E-state index contributed by atoms with van der Waals surface area (Å²) in [5, 5.41) is 10.8. The second-order valence-electron chi connectivity index (χ2n) is 5.03. The molecule has 0 spiro atoms. The Kier molecular flexibility index (Phi) is 4.70. The first-order valence-electron chi connectivity index (χ1n) is 6.77. The lowest BCUT2D eigenvalue weighted by molar-refractivity contribution is -0.384. The van der Waals surface area contributed by atoms with Crippen molar-refractivity contribution in [2.45, 2.75) is 6.54 Å². The summed E-state index contributed by atoms with van der Waals surface area (Å²) in [7, 11) is 1.60. The first-order chi connectivity index (χ1) is 10.9. The van der Waals surface area contributed by atoms with E-state index in [1.54, 1.807) is 31.3 Å². The molecular weight excluding hydrogens is 298 g/mol. The predicted molar refractivity (Wildman–Crippen MR) is 83.9 cm³/mol. The average molecular weight is 313 g/mol. The summed E-state index contributed by atoms with van der Waals surface area (Å²) in [6.45, 7) is 0.306. The van der Waals surface area contributed by atoms with Crippen molar-refractivity contribution in [2.75, 3.05) is 7.05 Å². The van der Waals surface area contributed by atoms with Gasteiger partial charge in [-0.05, 0) is 23.8 Å². The van der Waals surface area contributed by atoms with Crippen LogP contribution >= 0.6 is 0 Å². The van der Waals surface area contributed by atoms with Gasteiger partial charge in [-0.15, -0.1) is 0 Å². The molecule has 2 rings (SSSR count). The lowest BCUT2D eigenvalue weighted by atomic mass is 10.1. The molecule has 0 aromatic heterocycles. The Morgan fingerprint density at radius 3 is 2.35 bits per heavy atom. The summed E-state index contributed by atoms with van der Waals surface area (Å²) in [5.41, 5.74) is 6.49. The molecule has 0 radical (unpaired) electrons. The molecule has 0 fully saturated rings. The van der Waals surface area contributed by atoms with Crippen LogP contribution in [-0.4, -0.2) is 28.7 Å². The van der Waals surface area contributed by atoms with Crippen molar-refractivity contribution in [1.82, 2.24) is 4.90 Å². The Labute approximate surface area is 132 Å².